The van der Waals surface area contributed by atoms with Crippen molar-refractivity contribution in [1.82, 2.24) is 10.2 Å². The molecular formula is C28H26N2O3. The molecule has 2 aliphatic rings. The number of carbonyl (C=O) groups is 3. The van der Waals surface area contributed by atoms with Gasteiger partial charge in [0, 0.05) is 30.6 Å². The van der Waals surface area contributed by atoms with Crippen molar-refractivity contribution in [2.45, 2.75) is 44.7 Å². The molecule has 3 aromatic rings. The summed E-state index contributed by atoms with van der Waals surface area (Å²) in [5.41, 5.74) is 4.38. The summed E-state index contributed by atoms with van der Waals surface area (Å²) in [4.78, 5) is 39.6. The molecule has 1 saturated heterocycles. The number of ketones is 1. The van der Waals surface area contributed by atoms with E-state index in [4.69, 9.17) is 0 Å². The zero-order valence-corrected chi connectivity index (χ0v) is 18.5. The highest BCUT2D eigenvalue weighted by atomic mass is 16.2. The van der Waals surface area contributed by atoms with Gasteiger partial charge in [-0.2, -0.15) is 0 Å². The molecule has 5 rings (SSSR count). The summed E-state index contributed by atoms with van der Waals surface area (Å²) in [5, 5.41) is 5.03. The molecular weight excluding hydrogens is 412 g/mol. The minimum Gasteiger partial charge on any atom is -0.329 e. The number of hydrogen-bond acceptors (Lipinski definition) is 3. The minimum atomic E-state index is -0.457. The number of amides is 2. The molecule has 166 valence electrons. The molecule has 0 aliphatic carbocycles. The van der Waals surface area contributed by atoms with Crippen LogP contribution in [0.25, 0.3) is 10.8 Å². The van der Waals surface area contributed by atoms with E-state index in [1.165, 1.54) is 0 Å². The third kappa shape index (κ3) is 4.19. The van der Waals surface area contributed by atoms with Crippen molar-refractivity contribution in [3.8, 4) is 0 Å². The lowest BCUT2D eigenvalue weighted by molar-refractivity contribution is -0.126. The Morgan fingerprint density at radius 1 is 1.06 bits per heavy atom. The van der Waals surface area contributed by atoms with Gasteiger partial charge in [0.2, 0.25) is 5.91 Å². The van der Waals surface area contributed by atoms with Crippen LogP contribution in [-0.2, 0) is 29.0 Å². The number of fused-ring (bicyclic) bond motifs is 2. The Morgan fingerprint density at radius 3 is 2.73 bits per heavy atom. The van der Waals surface area contributed by atoms with Gasteiger partial charge in [-0.15, -0.1) is 0 Å². The van der Waals surface area contributed by atoms with Crippen molar-refractivity contribution in [2.24, 2.45) is 0 Å². The van der Waals surface area contributed by atoms with Crippen molar-refractivity contribution >= 4 is 28.4 Å². The van der Waals surface area contributed by atoms with Crippen LogP contribution in [0.4, 0.5) is 0 Å². The molecule has 0 saturated carbocycles. The lowest BCUT2D eigenvalue weighted by Crippen LogP contribution is -2.49. The summed E-state index contributed by atoms with van der Waals surface area (Å²) >= 11 is 0. The molecule has 33 heavy (non-hydrogen) atoms. The van der Waals surface area contributed by atoms with Crippen LogP contribution >= 0.6 is 0 Å². The Morgan fingerprint density at radius 2 is 1.88 bits per heavy atom. The van der Waals surface area contributed by atoms with Crippen LogP contribution in [-0.4, -0.2) is 28.5 Å². The summed E-state index contributed by atoms with van der Waals surface area (Å²) in [5.74, 6) is -0.0634. The van der Waals surface area contributed by atoms with Crippen molar-refractivity contribution < 1.29 is 14.4 Å². The first kappa shape index (κ1) is 21.1. The van der Waals surface area contributed by atoms with Crippen LogP contribution in [0.15, 0.2) is 72.9 Å². The fourth-order valence-electron chi connectivity index (χ4n) is 4.89. The maximum absolute atomic E-state index is 12.9. The number of piperidine rings is 1. The van der Waals surface area contributed by atoms with Gasteiger partial charge >= 0.3 is 0 Å². The van der Waals surface area contributed by atoms with Gasteiger partial charge in [0.05, 0.1) is 0 Å². The van der Waals surface area contributed by atoms with Crippen molar-refractivity contribution in [3.63, 3.8) is 0 Å². The zero-order chi connectivity index (χ0) is 22.9. The lowest BCUT2D eigenvalue weighted by atomic mass is 9.97. The number of carbonyl (C=O) groups excluding carboxylic acids is 3. The highest BCUT2D eigenvalue weighted by molar-refractivity contribution is 6.01. The van der Waals surface area contributed by atoms with Crippen LogP contribution in [0.5, 0.6) is 0 Å². The second-order valence-electron chi connectivity index (χ2n) is 8.93. The molecule has 2 heterocycles. The second kappa shape index (κ2) is 8.66. The number of Topliss-reactive ketones (excluding diaryl/α,β-unsaturated/α-hetero) is 1. The number of benzene rings is 3. The van der Waals surface area contributed by atoms with Gasteiger partial charge in [-0.3, -0.25) is 14.4 Å². The molecule has 3 aromatic carbocycles. The van der Waals surface area contributed by atoms with Gasteiger partial charge in [-0.25, -0.2) is 0 Å². The normalized spacial score (nSPS) is 17.9. The summed E-state index contributed by atoms with van der Waals surface area (Å²) in [6.07, 6.45) is 2.78. The van der Waals surface area contributed by atoms with Gasteiger partial charge in [0.1, 0.15) is 11.8 Å². The van der Waals surface area contributed by atoms with Gasteiger partial charge in [-0.1, -0.05) is 61.2 Å². The van der Waals surface area contributed by atoms with Crippen LogP contribution in [0.2, 0.25) is 0 Å². The van der Waals surface area contributed by atoms with Crippen LogP contribution in [0.1, 0.15) is 46.3 Å². The molecule has 0 aromatic heterocycles. The lowest BCUT2D eigenvalue weighted by Gasteiger charge is -2.30. The van der Waals surface area contributed by atoms with Gasteiger partial charge in [0.25, 0.3) is 5.91 Å². The third-order valence-corrected chi connectivity index (χ3v) is 6.66. The smallest absolute Gasteiger partial charge is 0.255 e. The molecule has 5 heteroatoms. The van der Waals surface area contributed by atoms with E-state index in [2.05, 4.69) is 30.1 Å². The molecule has 5 nitrogen and oxygen atoms in total. The Hall–Kier alpha value is -3.73. The largest absolute Gasteiger partial charge is 0.329 e. The van der Waals surface area contributed by atoms with Gasteiger partial charge in [0.15, 0.2) is 0 Å². The van der Waals surface area contributed by atoms with E-state index in [-0.39, 0.29) is 17.6 Å². The van der Waals surface area contributed by atoms with Gasteiger partial charge in [-0.05, 0) is 52.8 Å². The maximum atomic E-state index is 12.9. The topological polar surface area (TPSA) is 66.5 Å². The quantitative estimate of drug-likeness (QED) is 0.623. The summed E-state index contributed by atoms with van der Waals surface area (Å²) < 4.78 is 0. The van der Waals surface area contributed by atoms with E-state index in [1.807, 2.05) is 42.5 Å². The highest BCUT2D eigenvalue weighted by Gasteiger charge is 2.38. The van der Waals surface area contributed by atoms with Crippen LogP contribution < -0.4 is 5.32 Å². The fraction of sp³-hybridized carbons (Fsp3) is 0.250. The number of allylic oxidation sites excluding steroid dienone is 1. The molecule has 2 aliphatic heterocycles. The maximum Gasteiger partial charge on any atom is 0.255 e. The number of hydrogen-bond donors (Lipinski definition) is 1. The molecule has 0 radical (unpaired) electrons. The van der Waals surface area contributed by atoms with Crippen LogP contribution in [0, 0.1) is 0 Å². The number of nitrogens with one attached hydrogen (secondary N) is 1. The minimum absolute atomic E-state index is 0.101. The number of aryl methyl sites for hydroxylation is 1. The predicted octanol–water partition coefficient (Wildman–Crippen LogP) is 4.33. The third-order valence-electron chi connectivity index (χ3n) is 6.66. The SMILES string of the molecule is C=C1CCC(N2Cc3cc(CCC(=O)Cc4cccc5ccccc45)ccc3C2=O)C(=O)N1. The van der Waals surface area contributed by atoms with Gasteiger partial charge < -0.3 is 10.2 Å². The molecule has 0 spiro atoms. The predicted molar refractivity (Wildman–Crippen MR) is 128 cm³/mol. The fourth-order valence-corrected chi connectivity index (χ4v) is 4.89. The van der Waals surface area contributed by atoms with Crippen molar-refractivity contribution in [3.05, 3.63) is 95.2 Å². The summed E-state index contributed by atoms with van der Waals surface area (Å²) in [7, 11) is 0. The second-order valence-corrected chi connectivity index (χ2v) is 8.93. The van der Waals surface area contributed by atoms with E-state index in [0.717, 1.165) is 27.5 Å². The molecule has 0 bridgehead atoms. The monoisotopic (exact) mass is 438 g/mol. The molecule has 1 unspecified atom stereocenters. The summed E-state index contributed by atoms with van der Waals surface area (Å²) in [6, 6.07) is 19.5. The average Bonchev–Trinajstić information content (AvgIpc) is 3.13. The number of nitrogens with zero attached hydrogens (tertiary/aromatic N) is 1. The van der Waals surface area contributed by atoms with E-state index < -0.39 is 6.04 Å². The Bertz CT molecular complexity index is 1290. The first-order valence-electron chi connectivity index (χ1n) is 11.4. The summed E-state index contributed by atoms with van der Waals surface area (Å²) in [6.45, 7) is 4.24. The Labute approximate surface area is 193 Å². The first-order valence-corrected chi connectivity index (χ1v) is 11.4. The zero-order valence-electron chi connectivity index (χ0n) is 18.5. The number of rotatable bonds is 6. The average molecular weight is 439 g/mol. The van der Waals surface area contributed by atoms with E-state index in [0.29, 0.717) is 49.9 Å². The Kier molecular flexibility index (Phi) is 5.55. The molecule has 1 atom stereocenters. The molecule has 2 amide bonds. The standard InChI is InChI=1S/C28H26N2O3/c1-18-9-14-26(27(32)29-18)30-17-22-15-19(11-13-25(22)28(30)33)10-12-23(31)16-21-7-4-6-20-5-2-3-8-24(20)21/h2-8,11,13,15,26H,1,9-10,12,14,16-17H2,(H,29,32). The molecule has 1 N–H and O–H groups in total. The van der Waals surface area contributed by atoms with E-state index >= 15 is 0 Å². The van der Waals surface area contributed by atoms with Crippen molar-refractivity contribution in [2.75, 3.05) is 0 Å². The Balaban J connectivity index is 1.24. The first-order chi connectivity index (χ1) is 16.0. The van der Waals surface area contributed by atoms with Crippen LogP contribution in [0.3, 0.4) is 0 Å². The molecule has 1 fully saturated rings. The van der Waals surface area contributed by atoms with Crippen molar-refractivity contribution in [1.29, 1.82) is 0 Å². The van der Waals surface area contributed by atoms with E-state index in [9.17, 15) is 14.4 Å². The van der Waals surface area contributed by atoms with E-state index in [1.54, 1.807) is 4.90 Å². The highest BCUT2D eigenvalue weighted by Crippen LogP contribution is 2.29.